The van der Waals surface area contributed by atoms with Crippen molar-refractivity contribution in [3.63, 3.8) is 0 Å². The number of amides is 1. The molecule has 0 rings (SSSR count). The van der Waals surface area contributed by atoms with Crippen molar-refractivity contribution in [2.24, 2.45) is 0 Å². The largest absolute Gasteiger partial charge is 0.394 e. The van der Waals surface area contributed by atoms with Crippen LogP contribution in [0.4, 0.5) is 0 Å². The standard InChI is InChI=1S/C45H85NO3/c1-3-5-7-9-11-13-15-17-18-19-20-21-22-23-24-25-26-27-29-31-33-35-37-39-41-45(49)46-43(42-47)44(48)40-38-36-34-32-30-28-16-14-12-10-8-6-4-2/h23-24,30,32,38,40,43-44,47-48H,3-22,25-29,31,33-37,39,41-42H2,1-2H3,(H,46,49)/b24-23-,32-30+,40-38+. The van der Waals surface area contributed by atoms with Gasteiger partial charge in [0.1, 0.15) is 0 Å². The summed E-state index contributed by atoms with van der Waals surface area (Å²) in [6.07, 6.45) is 54.0. The summed E-state index contributed by atoms with van der Waals surface area (Å²) >= 11 is 0. The molecule has 0 heterocycles. The molecular weight excluding hydrogens is 602 g/mol. The van der Waals surface area contributed by atoms with E-state index in [0.29, 0.717) is 6.42 Å². The zero-order chi connectivity index (χ0) is 35.7. The van der Waals surface area contributed by atoms with Gasteiger partial charge in [0.2, 0.25) is 5.91 Å². The Kier molecular flexibility index (Phi) is 39.9. The lowest BCUT2D eigenvalue weighted by Gasteiger charge is -2.19. The lowest BCUT2D eigenvalue weighted by molar-refractivity contribution is -0.123. The Morgan fingerprint density at radius 2 is 0.796 bits per heavy atom. The quantitative estimate of drug-likeness (QED) is 0.0445. The van der Waals surface area contributed by atoms with Crippen molar-refractivity contribution in [3.8, 4) is 0 Å². The van der Waals surface area contributed by atoms with Crippen molar-refractivity contribution < 1.29 is 15.0 Å². The monoisotopic (exact) mass is 688 g/mol. The van der Waals surface area contributed by atoms with Crippen LogP contribution in [-0.4, -0.2) is 34.9 Å². The molecule has 49 heavy (non-hydrogen) atoms. The molecule has 2 atom stereocenters. The van der Waals surface area contributed by atoms with Gasteiger partial charge in [-0.25, -0.2) is 0 Å². The molecule has 288 valence electrons. The van der Waals surface area contributed by atoms with E-state index in [1.807, 2.05) is 6.08 Å². The van der Waals surface area contributed by atoms with Gasteiger partial charge < -0.3 is 15.5 Å². The average Bonchev–Trinajstić information content (AvgIpc) is 3.10. The summed E-state index contributed by atoms with van der Waals surface area (Å²) in [6, 6.07) is -0.638. The van der Waals surface area contributed by atoms with Crippen LogP contribution in [-0.2, 0) is 4.79 Å². The second-order valence-corrected chi connectivity index (χ2v) is 14.8. The number of carbonyl (C=O) groups excluding carboxylic acids is 1. The highest BCUT2D eigenvalue weighted by Gasteiger charge is 2.17. The number of carbonyl (C=O) groups is 1. The van der Waals surface area contributed by atoms with Gasteiger partial charge in [-0.1, -0.05) is 198 Å². The van der Waals surface area contributed by atoms with E-state index in [9.17, 15) is 15.0 Å². The first-order valence-electron chi connectivity index (χ1n) is 21.7. The van der Waals surface area contributed by atoms with Gasteiger partial charge in [0, 0.05) is 6.42 Å². The van der Waals surface area contributed by atoms with Gasteiger partial charge in [-0.3, -0.25) is 4.79 Å². The third-order valence-electron chi connectivity index (χ3n) is 9.85. The molecule has 0 aromatic carbocycles. The second-order valence-electron chi connectivity index (χ2n) is 14.8. The van der Waals surface area contributed by atoms with E-state index in [-0.39, 0.29) is 12.5 Å². The van der Waals surface area contributed by atoms with E-state index >= 15 is 0 Å². The maximum absolute atomic E-state index is 12.4. The Morgan fingerprint density at radius 1 is 0.469 bits per heavy atom. The molecule has 0 aliphatic carbocycles. The Bertz CT molecular complexity index is 746. The molecule has 2 unspecified atom stereocenters. The molecule has 0 aromatic heterocycles. The van der Waals surface area contributed by atoms with Crippen LogP contribution in [0.5, 0.6) is 0 Å². The van der Waals surface area contributed by atoms with Crippen molar-refractivity contribution in [1.82, 2.24) is 5.32 Å². The molecule has 0 radical (unpaired) electrons. The number of allylic oxidation sites excluding steroid dienone is 5. The van der Waals surface area contributed by atoms with Crippen molar-refractivity contribution in [2.75, 3.05) is 6.61 Å². The molecule has 0 spiro atoms. The maximum Gasteiger partial charge on any atom is 0.220 e. The number of nitrogens with one attached hydrogen (secondary N) is 1. The first-order chi connectivity index (χ1) is 24.2. The van der Waals surface area contributed by atoms with Crippen molar-refractivity contribution >= 4 is 5.91 Å². The van der Waals surface area contributed by atoms with Gasteiger partial charge in [-0.2, -0.15) is 0 Å². The fourth-order valence-electron chi connectivity index (χ4n) is 6.48. The third-order valence-corrected chi connectivity index (χ3v) is 9.85. The second kappa shape index (κ2) is 41.0. The highest BCUT2D eigenvalue weighted by molar-refractivity contribution is 5.76. The molecule has 0 aliphatic rings. The van der Waals surface area contributed by atoms with Gasteiger partial charge in [0.25, 0.3) is 0 Å². The minimum absolute atomic E-state index is 0.0772. The lowest BCUT2D eigenvalue weighted by Crippen LogP contribution is -2.45. The first kappa shape index (κ1) is 47.6. The Balaban J connectivity index is 3.56. The van der Waals surface area contributed by atoms with E-state index in [0.717, 1.165) is 32.1 Å². The summed E-state index contributed by atoms with van der Waals surface area (Å²) < 4.78 is 0. The van der Waals surface area contributed by atoms with Crippen LogP contribution < -0.4 is 5.32 Å². The van der Waals surface area contributed by atoms with Crippen LogP contribution in [0.15, 0.2) is 36.5 Å². The van der Waals surface area contributed by atoms with E-state index in [4.69, 9.17) is 0 Å². The molecule has 0 bridgehead atoms. The summed E-state index contributed by atoms with van der Waals surface area (Å²) in [4.78, 5) is 12.4. The lowest BCUT2D eigenvalue weighted by atomic mass is 10.0. The van der Waals surface area contributed by atoms with E-state index in [2.05, 4.69) is 43.5 Å². The molecule has 0 aromatic rings. The minimum atomic E-state index is -0.861. The maximum atomic E-state index is 12.4. The van der Waals surface area contributed by atoms with Gasteiger partial charge in [0.05, 0.1) is 18.8 Å². The van der Waals surface area contributed by atoms with Gasteiger partial charge >= 0.3 is 0 Å². The van der Waals surface area contributed by atoms with E-state index in [1.165, 1.54) is 173 Å². The van der Waals surface area contributed by atoms with Crippen molar-refractivity contribution in [2.45, 2.75) is 238 Å². The number of unbranched alkanes of at least 4 members (excludes halogenated alkanes) is 28. The summed E-state index contributed by atoms with van der Waals surface area (Å²) in [5.74, 6) is -0.0772. The molecular formula is C45H85NO3. The summed E-state index contributed by atoms with van der Waals surface area (Å²) in [5, 5.41) is 22.9. The molecule has 1 amide bonds. The number of aliphatic hydroxyl groups excluding tert-OH is 2. The molecule has 0 aliphatic heterocycles. The normalized spacial score (nSPS) is 13.3. The fraction of sp³-hybridized carbons (Fsp3) is 0.844. The van der Waals surface area contributed by atoms with Gasteiger partial charge in [0.15, 0.2) is 0 Å². The average molecular weight is 688 g/mol. The van der Waals surface area contributed by atoms with Crippen molar-refractivity contribution in [3.05, 3.63) is 36.5 Å². The Hall–Kier alpha value is -1.39. The summed E-state index contributed by atoms with van der Waals surface area (Å²) in [7, 11) is 0. The van der Waals surface area contributed by atoms with Gasteiger partial charge in [-0.05, 0) is 57.8 Å². The topological polar surface area (TPSA) is 69.6 Å². The van der Waals surface area contributed by atoms with E-state index < -0.39 is 12.1 Å². The van der Waals surface area contributed by atoms with Crippen LogP contribution in [0.3, 0.4) is 0 Å². The predicted octanol–water partition coefficient (Wildman–Crippen LogP) is 13.4. The van der Waals surface area contributed by atoms with Crippen molar-refractivity contribution in [1.29, 1.82) is 0 Å². The third kappa shape index (κ3) is 37.7. The molecule has 4 nitrogen and oxygen atoms in total. The van der Waals surface area contributed by atoms with Gasteiger partial charge in [-0.15, -0.1) is 0 Å². The molecule has 0 saturated carbocycles. The predicted molar refractivity (Wildman–Crippen MR) is 216 cm³/mol. The van der Waals surface area contributed by atoms with Crippen LogP contribution in [0.1, 0.15) is 226 Å². The van der Waals surface area contributed by atoms with Crippen LogP contribution >= 0.6 is 0 Å². The van der Waals surface area contributed by atoms with E-state index in [1.54, 1.807) is 6.08 Å². The molecule has 3 N–H and O–H groups in total. The van der Waals surface area contributed by atoms with Crippen LogP contribution in [0.2, 0.25) is 0 Å². The number of rotatable bonds is 39. The zero-order valence-electron chi connectivity index (χ0n) is 33.0. The number of hydrogen-bond acceptors (Lipinski definition) is 3. The minimum Gasteiger partial charge on any atom is -0.394 e. The highest BCUT2D eigenvalue weighted by atomic mass is 16.3. The van der Waals surface area contributed by atoms with Crippen LogP contribution in [0, 0.1) is 0 Å². The SMILES string of the molecule is CCCCCCCCC/C=C/CC/C=C/C(O)C(CO)NC(=O)CCCCCCCCCC/C=C\CCCCCCCCCCCCCC. The Labute approximate surface area is 306 Å². The first-order valence-corrected chi connectivity index (χ1v) is 21.7. The number of aliphatic hydroxyl groups is 2. The smallest absolute Gasteiger partial charge is 0.220 e. The number of hydrogen-bond donors (Lipinski definition) is 3. The molecule has 0 fully saturated rings. The van der Waals surface area contributed by atoms with Crippen LogP contribution in [0.25, 0.3) is 0 Å². The Morgan fingerprint density at radius 3 is 1.18 bits per heavy atom. The summed E-state index contributed by atoms with van der Waals surface area (Å²) in [6.45, 7) is 4.29. The fourth-order valence-corrected chi connectivity index (χ4v) is 6.48. The molecule has 0 saturated heterocycles. The highest BCUT2D eigenvalue weighted by Crippen LogP contribution is 2.14. The summed E-state index contributed by atoms with van der Waals surface area (Å²) in [5.41, 5.74) is 0. The zero-order valence-corrected chi connectivity index (χ0v) is 33.0. The molecule has 4 heteroatoms.